The van der Waals surface area contributed by atoms with Crippen LogP contribution < -0.4 is 0 Å². The number of hydroxylamine groups is 4. The standard InChI is InChI=1S/2C5H11NOS.Zn/c2*7-6-4-2-1-3-5(6)8;/h2*5,7-8H,1-4H2;/q;;+2/p-2. The van der Waals surface area contributed by atoms with Crippen molar-refractivity contribution in [1.29, 1.82) is 0 Å². The summed E-state index contributed by atoms with van der Waals surface area (Å²) >= 11 is 9.78. The molecule has 4 nitrogen and oxygen atoms in total. The molecule has 7 heteroatoms. The molecule has 0 bridgehead atoms. The molecular weight excluding hydrogens is 310 g/mol. The average molecular weight is 330 g/mol. The van der Waals surface area contributed by atoms with Crippen molar-refractivity contribution in [2.45, 2.75) is 49.3 Å². The number of rotatable bonds is 0. The van der Waals surface area contributed by atoms with Gasteiger partial charge in [0.05, 0.1) is 0 Å². The monoisotopic (exact) mass is 328 g/mol. The first kappa shape index (κ1) is 18.2. The van der Waals surface area contributed by atoms with Crippen LogP contribution in [0.15, 0.2) is 0 Å². The number of nitrogens with zero attached hydrogens (tertiary/aromatic N) is 2. The fraction of sp³-hybridized carbons (Fsp3) is 1.00. The Hall–Kier alpha value is 1.16. The van der Waals surface area contributed by atoms with Gasteiger partial charge >= 0.3 is 19.5 Å². The second-order valence-corrected chi connectivity index (χ2v) is 5.32. The first-order chi connectivity index (χ1) is 7.61. The van der Waals surface area contributed by atoms with Crippen molar-refractivity contribution >= 4 is 25.3 Å². The molecule has 2 saturated heterocycles. The molecule has 0 aromatic carbocycles. The maximum Gasteiger partial charge on any atom is 2.00 e. The molecule has 0 spiro atoms. The van der Waals surface area contributed by atoms with E-state index in [0.717, 1.165) is 38.8 Å². The number of piperidine rings is 2. The summed E-state index contributed by atoms with van der Waals surface area (Å²) in [4.78, 5) is 0. The van der Waals surface area contributed by atoms with E-state index >= 15 is 0 Å². The van der Waals surface area contributed by atoms with Gasteiger partial charge in [0.2, 0.25) is 0 Å². The number of hydrogen-bond acceptors (Lipinski definition) is 6. The van der Waals surface area contributed by atoms with Gasteiger partial charge in [-0.25, -0.2) is 10.1 Å². The second-order valence-electron chi connectivity index (χ2n) is 4.23. The third-order valence-corrected chi connectivity index (χ3v) is 3.80. The largest absolute Gasteiger partial charge is 2.00 e. The molecule has 2 fully saturated rings. The first-order valence-electron chi connectivity index (χ1n) is 5.84. The Morgan fingerprint density at radius 1 is 0.765 bits per heavy atom. The van der Waals surface area contributed by atoms with Crippen LogP contribution in [0.1, 0.15) is 38.5 Å². The van der Waals surface area contributed by atoms with Crippen molar-refractivity contribution in [2.75, 3.05) is 13.1 Å². The van der Waals surface area contributed by atoms with Gasteiger partial charge in [-0.2, -0.15) is 0 Å². The SMILES string of the molecule is ON1CCCCC1[S-].ON1CCCCC1[S-].[Zn+2]. The van der Waals surface area contributed by atoms with Crippen LogP contribution in [0.3, 0.4) is 0 Å². The molecule has 0 aliphatic carbocycles. The smallest absolute Gasteiger partial charge is 0.772 e. The zero-order valence-electron chi connectivity index (χ0n) is 10.1. The summed E-state index contributed by atoms with van der Waals surface area (Å²) in [5.41, 5.74) is 0. The Balaban J connectivity index is 0.000000284. The summed E-state index contributed by atoms with van der Waals surface area (Å²) in [6.45, 7) is 1.52. The van der Waals surface area contributed by atoms with Crippen LogP contribution >= 0.6 is 0 Å². The molecule has 2 atom stereocenters. The third kappa shape index (κ3) is 7.36. The van der Waals surface area contributed by atoms with Crippen molar-refractivity contribution in [3.8, 4) is 0 Å². The Morgan fingerprint density at radius 3 is 1.29 bits per heavy atom. The molecule has 0 saturated carbocycles. The Morgan fingerprint density at radius 2 is 1.12 bits per heavy atom. The van der Waals surface area contributed by atoms with Crippen molar-refractivity contribution in [1.82, 2.24) is 10.1 Å². The molecule has 2 unspecified atom stereocenters. The fourth-order valence-corrected chi connectivity index (χ4v) is 2.32. The van der Waals surface area contributed by atoms with Gasteiger partial charge in [0.25, 0.3) is 0 Å². The zero-order chi connectivity index (χ0) is 12.0. The molecule has 0 aromatic heterocycles. The minimum atomic E-state index is -0.0243. The summed E-state index contributed by atoms with van der Waals surface area (Å²) in [6.07, 6.45) is 6.45. The van der Waals surface area contributed by atoms with Gasteiger partial charge in [-0.3, -0.25) is 0 Å². The Bertz CT molecular complexity index is 163. The quantitative estimate of drug-likeness (QED) is 0.518. The first-order valence-corrected chi connectivity index (χ1v) is 6.78. The maximum absolute atomic E-state index is 8.91. The predicted octanol–water partition coefficient (Wildman–Crippen LogP) is 1.47. The van der Waals surface area contributed by atoms with Crippen molar-refractivity contribution in [2.24, 2.45) is 0 Å². The molecule has 2 aliphatic heterocycles. The Kier molecular flexibility index (Phi) is 10.7. The Labute approximate surface area is 127 Å². The molecule has 0 radical (unpaired) electrons. The van der Waals surface area contributed by atoms with Gasteiger partial charge in [0, 0.05) is 13.1 Å². The van der Waals surface area contributed by atoms with Crippen LogP contribution in [0.25, 0.3) is 0 Å². The minimum absolute atomic E-state index is 0. The molecule has 96 valence electrons. The van der Waals surface area contributed by atoms with Crippen LogP contribution in [-0.4, -0.2) is 44.4 Å². The molecule has 2 rings (SSSR count). The van der Waals surface area contributed by atoms with E-state index in [2.05, 4.69) is 0 Å². The molecule has 2 N–H and O–H groups in total. The van der Waals surface area contributed by atoms with E-state index in [1.54, 1.807) is 0 Å². The van der Waals surface area contributed by atoms with E-state index < -0.39 is 0 Å². The summed E-state index contributed by atoms with van der Waals surface area (Å²) in [5, 5.41) is 20.3. The molecule has 2 heterocycles. The number of hydrogen-bond donors (Lipinski definition) is 2. The van der Waals surface area contributed by atoms with Crippen molar-refractivity contribution in [3.05, 3.63) is 0 Å². The third-order valence-electron chi connectivity index (χ3n) is 2.84. The molecule has 0 amide bonds. The van der Waals surface area contributed by atoms with E-state index in [4.69, 9.17) is 35.7 Å². The summed E-state index contributed by atoms with van der Waals surface area (Å²) in [5.74, 6) is 0. The van der Waals surface area contributed by atoms with E-state index in [-0.39, 0.29) is 30.2 Å². The normalized spacial score (nSPS) is 31.1. The zero-order valence-corrected chi connectivity index (χ0v) is 14.7. The fourth-order valence-electron chi connectivity index (χ4n) is 1.77. The molecular formula is C10H20N2O2S2Zn. The van der Waals surface area contributed by atoms with Gasteiger partial charge in [-0.05, 0) is 12.8 Å². The van der Waals surface area contributed by atoms with E-state index in [0.29, 0.717) is 0 Å². The van der Waals surface area contributed by atoms with Crippen LogP contribution in [0.4, 0.5) is 0 Å². The summed E-state index contributed by atoms with van der Waals surface area (Å²) < 4.78 is 0. The van der Waals surface area contributed by atoms with E-state index in [1.165, 1.54) is 23.0 Å². The maximum atomic E-state index is 8.91. The van der Waals surface area contributed by atoms with Crippen LogP contribution in [0, 0.1) is 0 Å². The summed E-state index contributed by atoms with van der Waals surface area (Å²) in [6, 6.07) is 0. The van der Waals surface area contributed by atoms with Crippen LogP contribution in [0.5, 0.6) is 0 Å². The molecule has 0 aromatic rings. The topological polar surface area (TPSA) is 46.9 Å². The van der Waals surface area contributed by atoms with Gasteiger partial charge in [-0.15, -0.1) is 0 Å². The van der Waals surface area contributed by atoms with Crippen molar-refractivity contribution < 1.29 is 29.9 Å². The van der Waals surface area contributed by atoms with E-state index in [9.17, 15) is 0 Å². The van der Waals surface area contributed by atoms with Gasteiger partial charge in [0.1, 0.15) is 0 Å². The van der Waals surface area contributed by atoms with Gasteiger partial charge < -0.3 is 35.7 Å². The van der Waals surface area contributed by atoms with Crippen LogP contribution in [0.2, 0.25) is 0 Å². The summed E-state index contributed by atoms with van der Waals surface area (Å²) in [7, 11) is 0. The predicted molar refractivity (Wildman–Crippen MR) is 67.0 cm³/mol. The van der Waals surface area contributed by atoms with Crippen LogP contribution in [-0.2, 0) is 44.7 Å². The molecule has 17 heavy (non-hydrogen) atoms. The van der Waals surface area contributed by atoms with Crippen molar-refractivity contribution in [3.63, 3.8) is 0 Å². The average Bonchev–Trinajstić information content (AvgIpc) is 2.28. The van der Waals surface area contributed by atoms with E-state index in [1.807, 2.05) is 0 Å². The minimum Gasteiger partial charge on any atom is -0.772 e. The van der Waals surface area contributed by atoms with Gasteiger partial charge in [0.15, 0.2) is 0 Å². The second kappa shape index (κ2) is 10.0. The van der Waals surface area contributed by atoms with Gasteiger partial charge in [-0.1, -0.05) is 36.4 Å². The molecule has 2 aliphatic rings.